The normalized spacial score (nSPS) is 15.0. The Labute approximate surface area is 140 Å². The third kappa shape index (κ3) is 3.11. The Morgan fingerprint density at radius 2 is 2.08 bits per heavy atom. The van der Waals surface area contributed by atoms with Crippen LogP contribution in [0.1, 0.15) is 49.6 Å². The zero-order chi connectivity index (χ0) is 17.3. The van der Waals surface area contributed by atoms with Gasteiger partial charge in [-0.3, -0.25) is 14.6 Å². The Kier molecular flexibility index (Phi) is 4.51. The average Bonchev–Trinajstić information content (AvgIpc) is 3.16. The van der Waals surface area contributed by atoms with E-state index >= 15 is 0 Å². The summed E-state index contributed by atoms with van der Waals surface area (Å²) in [5.74, 6) is 0.934. The van der Waals surface area contributed by atoms with E-state index < -0.39 is 0 Å². The van der Waals surface area contributed by atoms with E-state index in [1.165, 1.54) is 4.68 Å². The van der Waals surface area contributed by atoms with Crippen LogP contribution in [0, 0.1) is 19.8 Å². The fourth-order valence-corrected chi connectivity index (χ4v) is 3.28. The van der Waals surface area contributed by atoms with Gasteiger partial charge >= 0.3 is 0 Å². The van der Waals surface area contributed by atoms with Gasteiger partial charge in [0.05, 0.1) is 5.69 Å². The van der Waals surface area contributed by atoms with Crippen molar-refractivity contribution in [2.24, 2.45) is 5.92 Å². The summed E-state index contributed by atoms with van der Waals surface area (Å²) in [7, 11) is 0. The number of aryl methyl sites for hydroxylation is 2. The number of amides is 1. The molecule has 0 radical (unpaired) electrons. The lowest BCUT2D eigenvalue weighted by Gasteiger charge is -2.12. The molecule has 0 atom stereocenters. The topological polar surface area (TPSA) is 92.7 Å². The molecule has 1 aliphatic rings. The average molecular weight is 329 g/mol. The van der Waals surface area contributed by atoms with Crippen molar-refractivity contribution < 1.29 is 4.79 Å². The maximum absolute atomic E-state index is 12.4. The van der Waals surface area contributed by atoms with Gasteiger partial charge in [0, 0.05) is 23.2 Å². The molecule has 1 saturated carbocycles. The van der Waals surface area contributed by atoms with E-state index in [0.717, 1.165) is 31.4 Å². The van der Waals surface area contributed by atoms with E-state index in [1.807, 2.05) is 20.8 Å². The number of rotatable bonds is 4. The fourth-order valence-electron chi connectivity index (χ4n) is 3.28. The first-order valence-electron chi connectivity index (χ1n) is 8.47. The number of hydrogen-bond acceptors (Lipinski definition) is 4. The third-order valence-electron chi connectivity index (χ3n) is 4.57. The molecular formula is C17H23N5O2. The zero-order valence-corrected chi connectivity index (χ0v) is 14.3. The van der Waals surface area contributed by atoms with Gasteiger partial charge in [-0.2, -0.15) is 9.78 Å². The number of aromatic amines is 1. The van der Waals surface area contributed by atoms with Gasteiger partial charge in [0.1, 0.15) is 5.82 Å². The second kappa shape index (κ2) is 6.59. The molecule has 1 amide bonds. The van der Waals surface area contributed by atoms with Gasteiger partial charge in [0.2, 0.25) is 11.9 Å². The largest absolute Gasteiger partial charge is 0.310 e. The van der Waals surface area contributed by atoms with Crippen LogP contribution in [-0.2, 0) is 11.2 Å². The summed E-state index contributed by atoms with van der Waals surface area (Å²) in [5, 5.41) is 7.31. The molecule has 3 rings (SSSR count). The second-order valence-corrected chi connectivity index (χ2v) is 6.36. The van der Waals surface area contributed by atoms with Crippen molar-refractivity contribution in [2.75, 3.05) is 5.32 Å². The van der Waals surface area contributed by atoms with Crippen molar-refractivity contribution in [3.8, 4) is 5.95 Å². The minimum atomic E-state index is -0.166. The number of carbonyl (C=O) groups is 1. The molecular weight excluding hydrogens is 306 g/mol. The number of H-pyrrole nitrogens is 1. The van der Waals surface area contributed by atoms with E-state index in [4.69, 9.17) is 0 Å². The number of nitrogens with zero attached hydrogens (tertiary/aromatic N) is 3. The monoisotopic (exact) mass is 329 g/mol. The first kappa shape index (κ1) is 16.4. The minimum absolute atomic E-state index is 0.0119. The van der Waals surface area contributed by atoms with Crippen molar-refractivity contribution in [3.63, 3.8) is 0 Å². The molecule has 1 fully saturated rings. The fraction of sp³-hybridized carbons (Fsp3) is 0.529. The summed E-state index contributed by atoms with van der Waals surface area (Å²) in [4.78, 5) is 31.8. The van der Waals surface area contributed by atoms with Crippen LogP contribution in [0.5, 0.6) is 0 Å². The van der Waals surface area contributed by atoms with E-state index in [1.54, 1.807) is 6.07 Å². The summed E-state index contributed by atoms with van der Waals surface area (Å²) < 4.78 is 1.50. The van der Waals surface area contributed by atoms with Gasteiger partial charge < -0.3 is 5.32 Å². The summed E-state index contributed by atoms with van der Waals surface area (Å²) in [6.45, 7) is 5.57. The Hall–Kier alpha value is -2.44. The lowest BCUT2D eigenvalue weighted by atomic mass is 10.1. The molecule has 7 nitrogen and oxygen atoms in total. The summed E-state index contributed by atoms with van der Waals surface area (Å²) in [6, 6.07) is 1.79. The third-order valence-corrected chi connectivity index (χ3v) is 4.57. The smallest absolute Gasteiger partial charge is 0.255 e. The van der Waals surface area contributed by atoms with Crippen LogP contribution in [0.2, 0.25) is 0 Å². The number of nitrogens with one attached hydrogen (secondary N) is 2. The van der Waals surface area contributed by atoms with Crippen LogP contribution in [-0.4, -0.2) is 25.7 Å². The van der Waals surface area contributed by atoms with Gasteiger partial charge in [-0.25, -0.2) is 4.98 Å². The Bertz CT molecular complexity index is 815. The van der Waals surface area contributed by atoms with Crippen molar-refractivity contribution >= 4 is 11.7 Å². The van der Waals surface area contributed by atoms with Crippen LogP contribution in [0.4, 0.5) is 5.82 Å². The Morgan fingerprint density at radius 1 is 1.38 bits per heavy atom. The number of hydrogen-bond donors (Lipinski definition) is 2. The molecule has 0 saturated heterocycles. The quantitative estimate of drug-likeness (QED) is 0.900. The Morgan fingerprint density at radius 3 is 2.71 bits per heavy atom. The molecule has 1 aliphatic carbocycles. The molecule has 7 heteroatoms. The molecule has 2 N–H and O–H groups in total. The Balaban J connectivity index is 1.94. The molecule has 2 heterocycles. The predicted molar refractivity (Wildman–Crippen MR) is 91.4 cm³/mol. The summed E-state index contributed by atoms with van der Waals surface area (Å²) >= 11 is 0. The number of carbonyl (C=O) groups excluding carboxylic acids is 1. The molecule has 128 valence electrons. The van der Waals surface area contributed by atoms with E-state index in [-0.39, 0.29) is 17.4 Å². The van der Waals surface area contributed by atoms with Crippen LogP contribution < -0.4 is 10.9 Å². The van der Waals surface area contributed by atoms with Crippen LogP contribution in [0.15, 0.2) is 10.9 Å². The van der Waals surface area contributed by atoms with Gasteiger partial charge in [-0.15, -0.1) is 0 Å². The number of anilines is 1. The molecule has 24 heavy (non-hydrogen) atoms. The van der Waals surface area contributed by atoms with Crippen molar-refractivity contribution in [1.82, 2.24) is 19.7 Å². The summed E-state index contributed by atoms with van der Waals surface area (Å²) in [6.07, 6.45) is 4.68. The van der Waals surface area contributed by atoms with Gasteiger partial charge in [0.15, 0.2) is 0 Å². The molecule has 0 unspecified atom stereocenters. The molecule has 0 aliphatic heterocycles. The lowest BCUT2D eigenvalue weighted by Crippen LogP contribution is -2.24. The molecule has 0 aromatic carbocycles. The molecule has 0 spiro atoms. The molecule has 2 aromatic heterocycles. The molecule has 2 aromatic rings. The highest BCUT2D eigenvalue weighted by molar-refractivity contribution is 5.92. The lowest BCUT2D eigenvalue weighted by molar-refractivity contribution is -0.119. The highest BCUT2D eigenvalue weighted by Crippen LogP contribution is 2.26. The highest BCUT2D eigenvalue weighted by Gasteiger charge is 2.24. The second-order valence-electron chi connectivity index (χ2n) is 6.36. The van der Waals surface area contributed by atoms with E-state index in [0.29, 0.717) is 29.4 Å². The van der Waals surface area contributed by atoms with Gasteiger partial charge in [0.25, 0.3) is 5.56 Å². The predicted octanol–water partition coefficient (Wildman–Crippen LogP) is 2.26. The van der Waals surface area contributed by atoms with Crippen LogP contribution in [0.25, 0.3) is 5.95 Å². The van der Waals surface area contributed by atoms with Crippen LogP contribution >= 0.6 is 0 Å². The van der Waals surface area contributed by atoms with Crippen molar-refractivity contribution in [3.05, 3.63) is 33.4 Å². The number of aromatic nitrogens is 4. The standard InChI is InChI=1S/C17H23N5O2/c1-4-13-11(3)18-17(20-16(13)24)22-14(9-10(2)21-22)19-15(23)12-7-5-6-8-12/h9,12H,4-8H2,1-3H3,(H,19,23)(H,18,20,24). The highest BCUT2D eigenvalue weighted by atomic mass is 16.2. The van der Waals surface area contributed by atoms with Gasteiger partial charge in [-0.05, 0) is 33.1 Å². The summed E-state index contributed by atoms with van der Waals surface area (Å²) in [5.41, 5.74) is 1.93. The van der Waals surface area contributed by atoms with Crippen molar-refractivity contribution in [1.29, 1.82) is 0 Å². The SMILES string of the molecule is CCc1c(C)nc(-n2nc(C)cc2NC(=O)C2CCCC2)[nH]c1=O. The maximum atomic E-state index is 12.4. The minimum Gasteiger partial charge on any atom is -0.310 e. The van der Waals surface area contributed by atoms with E-state index in [9.17, 15) is 9.59 Å². The maximum Gasteiger partial charge on any atom is 0.255 e. The van der Waals surface area contributed by atoms with Crippen LogP contribution in [0.3, 0.4) is 0 Å². The zero-order valence-electron chi connectivity index (χ0n) is 14.3. The first-order valence-corrected chi connectivity index (χ1v) is 8.47. The van der Waals surface area contributed by atoms with E-state index in [2.05, 4.69) is 20.4 Å². The molecule has 0 bridgehead atoms. The van der Waals surface area contributed by atoms with Crippen molar-refractivity contribution in [2.45, 2.75) is 52.9 Å². The van der Waals surface area contributed by atoms with Gasteiger partial charge in [-0.1, -0.05) is 19.8 Å². The first-order chi connectivity index (χ1) is 11.5.